The van der Waals surface area contributed by atoms with Crippen molar-refractivity contribution >= 4 is 23.0 Å². The Bertz CT molecular complexity index is 1010. The third kappa shape index (κ3) is 3.33. The number of fused-ring (bicyclic) bond motifs is 1. The molecule has 0 atom stereocenters. The van der Waals surface area contributed by atoms with Crippen LogP contribution in [0.15, 0.2) is 42.6 Å². The molecule has 0 saturated carbocycles. The van der Waals surface area contributed by atoms with Gasteiger partial charge in [0.2, 0.25) is 0 Å². The Hall–Kier alpha value is -3.08. The highest BCUT2D eigenvalue weighted by atomic mass is 16.5. The van der Waals surface area contributed by atoms with Gasteiger partial charge in [-0.05, 0) is 49.2 Å². The Morgan fingerprint density at radius 1 is 1.11 bits per heavy atom. The largest absolute Gasteiger partial charge is 0.462 e. The van der Waals surface area contributed by atoms with Gasteiger partial charge in [0.25, 0.3) is 0 Å². The van der Waals surface area contributed by atoms with Crippen LogP contribution in [0, 0.1) is 6.92 Å². The molecule has 1 aromatic carbocycles. The summed E-state index contributed by atoms with van der Waals surface area (Å²) in [5, 5.41) is 0. The molecule has 2 heterocycles. The second kappa shape index (κ2) is 7.27. The Balaban J connectivity index is 2.24. The van der Waals surface area contributed by atoms with E-state index in [-0.39, 0.29) is 5.78 Å². The molecule has 0 saturated heterocycles. The van der Waals surface area contributed by atoms with Gasteiger partial charge in [0.1, 0.15) is 0 Å². The van der Waals surface area contributed by atoms with Crippen LogP contribution in [0.25, 0.3) is 16.6 Å². The van der Waals surface area contributed by atoms with Crippen molar-refractivity contribution in [3.63, 3.8) is 0 Å². The van der Waals surface area contributed by atoms with Gasteiger partial charge in [0, 0.05) is 38.5 Å². The molecule has 27 heavy (non-hydrogen) atoms. The third-order valence-corrected chi connectivity index (χ3v) is 4.73. The van der Waals surface area contributed by atoms with Crippen molar-refractivity contribution in [2.45, 2.75) is 20.8 Å². The lowest BCUT2D eigenvalue weighted by atomic mass is 10.0. The number of benzene rings is 1. The predicted octanol–water partition coefficient (Wildman–Crippen LogP) is 4.36. The van der Waals surface area contributed by atoms with Gasteiger partial charge in [-0.3, -0.25) is 4.79 Å². The first-order valence-electron chi connectivity index (χ1n) is 8.95. The number of rotatable bonds is 5. The summed E-state index contributed by atoms with van der Waals surface area (Å²) in [7, 11) is 3.99. The molecule has 140 valence electrons. The van der Waals surface area contributed by atoms with Crippen LogP contribution in [0.5, 0.6) is 0 Å². The van der Waals surface area contributed by atoms with Crippen molar-refractivity contribution in [1.29, 1.82) is 0 Å². The smallest absolute Gasteiger partial charge is 0.338 e. The number of ether oxygens (including phenoxy) is 1. The van der Waals surface area contributed by atoms with E-state index in [0.717, 1.165) is 22.3 Å². The van der Waals surface area contributed by atoms with Crippen LogP contribution in [0.3, 0.4) is 0 Å². The van der Waals surface area contributed by atoms with E-state index in [1.165, 1.54) is 6.92 Å². The quantitative estimate of drug-likeness (QED) is 0.499. The highest BCUT2D eigenvalue weighted by Crippen LogP contribution is 2.31. The zero-order valence-electron chi connectivity index (χ0n) is 16.4. The summed E-state index contributed by atoms with van der Waals surface area (Å²) < 4.78 is 7.05. The van der Waals surface area contributed by atoms with E-state index >= 15 is 0 Å². The zero-order chi connectivity index (χ0) is 19.7. The fraction of sp³-hybridized carbons (Fsp3) is 0.273. The second-order valence-electron chi connectivity index (χ2n) is 6.73. The van der Waals surface area contributed by atoms with Gasteiger partial charge >= 0.3 is 5.97 Å². The SMILES string of the molecule is CCOC(=O)c1cc2c(-c3ccc(N(C)C)cc3)ccn2c(C(C)=O)c1C. The first kappa shape index (κ1) is 18.7. The minimum absolute atomic E-state index is 0.0891. The second-order valence-corrected chi connectivity index (χ2v) is 6.73. The van der Waals surface area contributed by atoms with Crippen LogP contribution in [-0.2, 0) is 4.74 Å². The van der Waals surface area contributed by atoms with Crippen molar-refractivity contribution in [2.24, 2.45) is 0 Å². The van der Waals surface area contributed by atoms with Crippen molar-refractivity contribution in [3.8, 4) is 11.1 Å². The van der Waals surface area contributed by atoms with Crippen LogP contribution in [0.4, 0.5) is 5.69 Å². The van der Waals surface area contributed by atoms with E-state index in [1.54, 1.807) is 13.8 Å². The number of anilines is 1. The summed E-state index contributed by atoms with van der Waals surface area (Å²) in [5.74, 6) is -0.496. The number of hydrogen-bond acceptors (Lipinski definition) is 4. The molecule has 0 aliphatic rings. The zero-order valence-corrected chi connectivity index (χ0v) is 16.4. The Morgan fingerprint density at radius 3 is 2.33 bits per heavy atom. The number of nitrogens with zero attached hydrogens (tertiary/aromatic N) is 2. The maximum absolute atomic E-state index is 12.4. The minimum atomic E-state index is -0.407. The van der Waals surface area contributed by atoms with Gasteiger partial charge in [0.15, 0.2) is 5.78 Å². The van der Waals surface area contributed by atoms with Gasteiger partial charge < -0.3 is 14.0 Å². The maximum atomic E-state index is 12.4. The molecule has 0 fully saturated rings. The number of hydrogen-bond donors (Lipinski definition) is 0. The average molecular weight is 364 g/mol. The van der Waals surface area contributed by atoms with Gasteiger partial charge in [-0.1, -0.05) is 12.1 Å². The fourth-order valence-electron chi connectivity index (χ4n) is 3.38. The predicted molar refractivity (Wildman–Crippen MR) is 108 cm³/mol. The van der Waals surface area contributed by atoms with Crippen LogP contribution >= 0.6 is 0 Å². The van der Waals surface area contributed by atoms with Crippen molar-refractivity contribution in [1.82, 2.24) is 4.40 Å². The number of ketones is 1. The molecule has 0 spiro atoms. The van der Waals surface area contributed by atoms with Crippen molar-refractivity contribution < 1.29 is 14.3 Å². The molecule has 0 unspecified atom stereocenters. The Kier molecular flexibility index (Phi) is 5.04. The van der Waals surface area contributed by atoms with Gasteiger partial charge in [-0.15, -0.1) is 0 Å². The molecular weight excluding hydrogens is 340 g/mol. The molecule has 0 bridgehead atoms. The molecule has 0 radical (unpaired) electrons. The lowest BCUT2D eigenvalue weighted by Crippen LogP contribution is -2.13. The summed E-state index contributed by atoms with van der Waals surface area (Å²) in [5.41, 5.74) is 5.48. The van der Waals surface area contributed by atoms with Crippen LogP contribution in [-0.4, -0.2) is 36.9 Å². The van der Waals surface area contributed by atoms with E-state index in [1.807, 2.05) is 66.0 Å². The lowest BCUT2D eigenvalue weighted by Gasteiger charge is -2.14. The molecule has 3 rings (SSSR count). The molecule has 0 N–H and O–H groups in total. The molecule has 5 heteroatoms. The summed E-state index contributed by atoms with van der Waals surface area (Å²) in [6.45, 7) is 5.36. The highest BCUT2D eigenvalue weighted by molar-refractivity contribution is 6.02. The first-order chi connectivity index (χ1) is 12.8. The van der Waals surface area contributed by atoms with E-state index in [9.17, 15) is 9.59 Å². The van der Waals surface area contributed by atoms with E-state index in [2.05, 4.69) is 0 Å². The number of pyridine rings is 1. The van der Waals surface area contributed by atoms with E-state index in [0.29, 0.717) is 23.4 Å². The lowest BCUT2D eigenvalue weighted by molar-refractivity contribution is 0.0525. The van der Waals surface area contributed by atoms with Crippen molar-refractivity contribution in [2.75, 3.05) is 25.6 Å². The number of aromatic nitrogens is 1. The molecule has 3 aromatic rings. The Morgan fingerprint density at radius 2 is 1.78 bits per heavy atom. The monoisotopic (exact) mass is 364 g/mol. The molecule has 0 amide bonds. The number of carbonyl (C=O) groups is 2. The van der Waals surface area contributed by atoms with Crippen molar-refractivity contribution in [3.05, 3.63) is 59.4 Å². The maximum Gasteiger partial charge on any atom is 0.338 e. The highest BCUT2D eigenvalue weighted by Gasteiger charge is 2.21. The van der Waals surface area contributed by atoms with E-state index in [4.69, 9.17) is 4.74 Å². The summed E-state index contributed by atoms with van der Waals surface area (Å²) in [6, 6.07) is 12.0. The molecule has 2 aromatic heterocycles. The first-order valence-corrected chi connectivity index (χ1v) is 8.95. The van der Waals surface area contributed by atoms with Gasteiger partial charge in [-0.2, -0.15) is 0 Å². The number of carbonyl (C=O) groups excluding carboxylic acids is 2. The Labute approximate surface area is 159 Å². The normalized spacial score (nSPS) is 10.9. The summed E-state index contributed by atoms with van der Waals surface area (Å²) in [6.07, 6.45) is 1.88. The minimum Gasteiger partial charge on any atom is -0.462 e. The topological polar surface area (TPSA) is 51.0 Å². The van der Waals surface area contributed by atoms with E-state index < -0.39 is 5.97 Å². The average Bonchev–Trinajstić information content (AvgIpc) is 3.04. The molecule has 0 aliphatic heterocycles. The number of Topliss-reactive ketones (excluding diaryl/α,β-unsaturated/α-hetero) is 1. The number of esters is 1. The summed E-state index contributed by atoms with van der Waals surface area (Å²) >= 11 is 0. The van der Waals surface area contributed by atoms with Gasteiger partial charge in [0.05, 0.1) is 23.4 Å². The van der Waals surface area contributed by atoms with Crippen LogP contribution in [0.2, 0.25) is 0 Å². The molecule has 5 nitrogen and oxygen atoms in total. The van der Waals surface area contributed by atoms with Crippen LogP contribution in [0.1, 0.15) is 40.3 Å². The molecular formula is C22H24N2O3. The molecule has 0 aliphatic carbocycles. The van der Waals surface area contributed by atoms with Gasteiger partial charge in [-0.25, -0.2) is 4.79 Å². The third-order valence-electron chi connectivity index (χ3n) is 4.73. The fourth-order valence-corrected chi connectivity index (χ4v) is 3.38. The standard InChI is InChI=1S/C22H24N2O3/c1-6-27-22(26)19-13-20-18(16-7-9-17(10-8-16)23(4)5)11-12-24(20)21(14(19)2)15(3)25/h7-13H,6H2,1-5H3. The summed E-state index contributed by atoms with van der Waals surface area (Å²) in [4.78, 5) is 26.8. The van der Waals surface area contributed by atoms with Crippen LogP contribution < -0.4 is 4.90 Å².